The van der Waals surface area contributed by atoms with Crippen LogP contribution in [0.1, 0.15) is 39.9 Å². The predicted octanol–water partition coefficient (Wildman–Crippen LogP) is 3.59. The number of rotatable bonds is 5. The molecular weight excluding hydrogens is 528 g/mol. The summed E-state index contributed by atoms with van der Waals surface area (Å²) in [5.74, 6) is 0.988. The van der Waals surface area contributed by atoms with Crippen LogP contribution in [0.2, 0.25) is 5.02 Å². The van der Waals surface area contributed by atoms with Crippen molar-refractivity contribution in [3.05, 3.63) is 80.1 Å². The van der Waals surface area contributed by atoms with E-state index in [1.807, 2.05) is 32.3 Å². The van der Waals surface area contributed by atoms with Gasteiger partial charge in [0.1, 0.15) is 5.82 Å². The van der Waals surface area contributed by atoms with E-state index < -0.39 is 0 Å². The number of nitrogens with zero attached hydrogens (tertiary/aromatic N) is 4. The average Bonchev–Trinajstić information content (AvgIpc) is 3.07. The second-order valence-electron chi connectivity index (χ2n) is 9.36. The van der Waals surface area contributed by atoms with Crippen molar-refractivity contribution in [3.8, 4) is 0 Å². The Hall–Kier alpha value is -2.26. The zero-order chi connectivity index (χ0) is 24.5. The fourth-order valence-electron chi connectivity index (χ4n) is 5.28. The third-order valence-electron chi connectivity index (χ3n) is 6.93. The SMILES string of the molecule is Cc1cn(CCNC(=O)[C@H]2CN(C3c4ccc(Cl)cc4CCc4cc(Br)cnc43)CCN2)c(C)n1. The number of aromatic nitrogens is 3. The van der Waals surface area contributed by atoms with Crippen LogP contribution < -0.4 is 10.6 Å². The van der Waals surface area contributed by atoms with Gasteiger partial charge in [-0.25, -0.2) is 4.98 Å². The third-order valence-corrected chi connectivity index (χ3v) is 7.60. The Morgan fingerprint density at radius 3 is 2.89 bits per heavy atom. The quantitative estimate of drug-likeness (QED) is 0.502. The molecule has 1 saturated heterocycles. The molecule has 184 valence electrons. The lowest BCUT2D eigenvalue weighted by atomic mass is 9.95. The first-order chi connectivity index (χ1) is 16.9. The van der Waals surface area contributed by atoms with E-state index in [9.17, 15) is 4.79 Å². The van der Waals surface area contributed by atoms with E-state index in [1.54, 1.807) is 0 Å². The highest BCUT2D eigenvalue weighted by molar-refractivity contribution is 9.10. The largest absolute Gasteiger partial charge is 0.353 e. The number of nitrogens with one attached hydrogen (secondary N) is 2. The van der Waals surface area contributed by atoms with E-state index in [2.05, 4.69) is 59.2 Å². The van der Waals surface area contributed by atoms with Crippen LogP contribution in [0.5, 0.6) is 0 Å². The molecule has 35 heavy (non-hydrogen) atoms. The molecule has 1 aliphatic heterocycles. The van der Waals surface area contributed by atoms with E-state index in [4.69, 9.17) is 16.6 Å². The van der Waals surface area contributed by atoms with Crippen LogP contribution in [0, 0.1) is 13.8 Å². The lowest BCUT2D eigenvalue weighted by Gasteiger charge is -2.39. The maximum Gasteiger partial charge on any atom is 0.238 e. The van der Waals surface area contributed by atoms with Gasteiger partial charge in [0.25, 0.3) is 0 Å². The van der Waals surface area contributed by atoms with Gasteiger partial charge in [-0.15, -0.1) is 0 Å². The second-order valence-corrected chi connectivity index (χ2v) is 10.7. The molecule has 9 heteroatoms. The summed E-state index contributed by atoms with van der Waals surface area (Å²) in [6, 6.07) is 8.05. The Balaban J connectivity index is 1.35. The minimum absolute atomic E-state index is 0.0122. The summed E-state index contributed by atoms with van der Waals surface area (Å²) in [5, 5.41) is 7.28. The van der Waals surface area contributed by atoms with Gasteiger partial charge in [0.05, 0.1) is 23.5 Å². The molecule has 1 unspecified atom stereocenters. The number of piperazine rings is 1. The summed E-state index contributed by atoms with van der Waals surface area (Å²) in [4.78, 5) is 24.8. The van der Waals surface area contributed by atoms with E-state index >= 15 is 0 Å². The van der Waals surface area contributed by atoms with Crippen molar-refractivity contribution in [1.82, 2.24) is 30.1 Å². The van der Waals surface area contributed by atoms with Gasteiger partial charge < -0.3 is 15.2 Å². The van der Waals surface area contributed by atoms with Gasteiger partial charge in [0.15, 0.2) is 0 Å². The van der Waals surface area contributed by atoms with Gasteiger partial charge in [-0.1, -0.05) is 17.7 Å². The molecule has 3 heterocycles. The molecule has 1 fully saturated rings. The minimum Gasteiger partial charge on any atom is -0.353 e. The van der Waals surface area contributed by atoms with Crippen LogP contribution in [0.4, 0.5) is 0 Å². The first-order valence-corrected chi connectivity index (χ1v) is 13.2. The van der Waals surface area contributed by atoms with Gasteiger partial charge in [-0.05, 0) is 77.5 Å². The first kappa shape index (κ1) is 24.4. The highest BCUT2D eigenvalue weighted by Gasteiger charge is 2.35. The van der Waals surface area contributed by atoms with Crippen molar-refractivity contribution >= 4 is 33.4 Å². The van der Waals surface area contributed by atoms with Gasteiger partial charge in [-0.3, -0.25) is 14.7 Å². The smallest absolute Gasteiger partial charge is 0.238 e. The van der Waals surface area contributed by atoms with Gasteiger partial charge >= 0.3 is 0 Å². The number of halogens is 2. The summed E-state index contributed by atoms with van der Waals surface area (Å²) in [6.07, 6.45) is 5.72. The number of aryl methyl sites for hydroxylation is 4. The molecule has 3 aromatic rings. The summed E-state index contributed by atoms with van der Waals surface area (Å²) in [6.45, 7) is 7.42. The molecular formula is C26H30BrClN6O. The summed E-state index contributed by atoms with van der Waals surface area (Å²) >= 11 is 9.95. The molecule has 2 atom stereocenters. The molecule has 2 aliphatic rings. The van der Waals surface area contributed by atoms with E-state index in [0.29, 0.717) is 19.6 Å². The molecule has 2 N–H and O–H groups in total. The van der Waals surface area contributed by atoms with Crippen LogP contribution >= 0.6 is 27.5 Å². The molecule has 0 bridgehead atoms. The number of pyridine rings is 1. The van der Waals surface area contributed by atoms with E-state index in [0.717, 1.165) is 52.6 Å². The topological polar surface area (TPSA) is 75.1 Å². The second kappa shape index (κ2) is 10.4. The van der Waals surface area contributed by atoms with Crippen molar-refractivity contribution < 1.29 is 4.79 Å². The van der Waals surface area contributed by atoms with Crippen molar-refractivity contribution in [2.45, 2.75) is 45.3 Å². The van der Waals surface area contributed by atoms with E-state index in [1.165, 1.54) is 16.7 Å². The highest BCUT2D eigenvalue weighted by Crippen LogP contribution is 2.37. The molecule has 0 saturated carbocycles. The fraction of sp³-hybridized carbons (Fsp3) is 0.423. The van der Waals surface area contributed by atoms with Crippen LogP contribution in [-0.4, -0.2) is 57.6 Å². The summed E-state index contributed by atoms with van der Waals surface area (Å²) in [5.41, 5.74) is 5.78. The maximum atomic E-state index is 13.1. The van der Waals surface area contributed by atoms with Gasteiger partial charge in [-0.2, -0.15) is 0 Å². The Kier molecular flexibility index (Phi) is 7.25. The first-order valence-electron chi connectivity index (χ1n) is 12.1. The van der Waals surface area contributed by atoms with Crippen molar-refractivity contribution in [1.29, 1.82) is 0 Å². The number of hydrogen-bond donors (Lipinski definition) is 2. The van der Waals surface area contributed by atoms with Gasteiger partial charge in [0, 0.05) is 54.6 Å². The van der Waals surface area contributed by atoms with Crippen molar-refractivity contribution in [2.75, 3.05) is 26.2 Å². The number of fused-ring (bicyclic) bond motifs is 2. The lowest BCUT2D eigenvalue weighted by Crippen LogP contribution is -2.58. The summed E-state index contributed by atoms with van der Waals surface area (Å²) in [7, 11) is 0. The molecule has 0 spiro atoms. The van der Waals surface area contributed by atoms with E-state index in [-0.39, 0.29) is 18.0 Å². The number of carbonyl (C=O) groups is 1. The predicted molar refractivity (Wildman–Crippen MR) is 141 cm³/mol. The van der Waals surface area contributed by atoms with Crippen LogP contribution in [0.15, 0.2) is 41.1 Å². The summed E-state index contributed by atoms with van der Waals surface area (Å²) < 4.78 is 3.06. The van der Waals surface area contributed by atoms with Crippen molar-refractivity contribution in [2.24, 2.45) is 0 Å². The molecule has 0 radical (unpaired) electrons. The molecule has 7 nitrogen and oxygen atoms in total. The minimum atomic E-state index is -0.285. The number of carbonyl (C=O) groups excluding carboxylic acids is 1. The number of imidazole rings is 1. The normalized spacial score (nSPS) is 20.1. The molecule has 1 amide bonds. The third kappa shape index (κ3) is 5.31. The monoisotopic (exact) mass is 556 g/mol. The Labute approximate surface area is 219 Å². The van der Waals surface area contributed by atoms with Gasteiger partial charge in [0.2, 0.25) is 5.91 Å². The fourth-order valence-corrected chi connectivity index (χ4v) is 5.85. The zero-order valence-corrected chi connectivity index (χ0v) is 22.4. The Morgan fingerprint density at radius 1 is 1.26 bits per heavy atom. The van der Waals surface area contributed by atoms with Crippen LogP contribution in [0.3, 0.4) is 0 Å². The molecule has 1 aliphatic carbocycles. The standard InChI is InChI=1S/C26H30BrClN6O/c1-16-14-33(17(2)32-16)9-8-30-26(35)23-15-34(10-7-29-23)25-22-6-5-21(28)12-18(22)3-4-19-11-20(27)13-31-24(19)25/h5-6,11-14,23,25,29H,3-4,7-10,15H2,1-2H3,(H,30,35)/t23-,25?/m1/s1. The Bertz CT molecular complexity index is 1190. The number of benzene rings is 1. The lowest BCUT2D eigenvalue weighted by molar-refractivity contribution is -0.124. The average molecular weight is 558 g/mol. The molecule has 2 aromatic heterocycles. The molecule has 1 aromatic carbocycles. The highest BCUT2D eigenvalue weighted by atomic mass is 79.9. The molecule has 5 rings (SSSR count). The Morgan fingerprint density at radius 2 is 2.09 bits per heavy atom. The zero-order valence-electron chi connectivity index (χ0n) is 20.0. The van der Waals surface area contributed by atoms with Crippen LogP contribution in [-0.2, 0) is 24.2 Å². The maximum absolute atomic E-state index is 13.1. The van der Waals surface area contributed by atoms with Crippen LogP contribution in [0.25, 0.3) is 0 Å². The number of hydrogen-bond acceptors (Lipinski definition) is 5. The number of amides is 1. The van der Waals surface area contributed by atoms with Crippen molar-refractivity contribution in [3.63, 3.8) is 0 Å².